The van der Waals surface area contributed by atoms with Gasteiger partial charge in [0.2, 0.25) is 0 Å². The highest BCUT2D eigenvalue weighted by Crippen LogP contribution is 2.55. The Morgan fingerprint density at radius 1 is 0.248 bits per heavy atom. The van der Waals surface area contributed by atoms with Crippen molar-refractivity contribution in [1.29, 1.82) is 0 Å². The molecule has 0 atom stereocenters. The molecule has 0 bridgehead atoms. The Morgan fingerprint density at radius 2 is 0.598 bits per heavy atom. The zero-order chi connectivity index (χ0) is 90.9. The van der Waals surface area contributed by atoms with Crippen LogP contribution in [0.1, 0.15) is 46.9 Å². The Kier molecular flexibility index (Phi) is 13.2. The highest BCUT2D eigenvalue weighted by molar-refractivity contribution is 7.00. The molecule has 0 fully saturated rings. The summed E-state index contributed by atoms with van der Waals surface area (Å²) in [7, 11) is 0. The lowest BCUT2D eigenvalue weighted by atomic mass is 9.33. The number of rotatable bonds is 13. The van der Waals surface area contributed by atoms with E-state index in [1.54, 1.807) is 4.57 Å². The molecular weight excluding hydrogens is 1410 g/mol. The fourth-order valence-corrected chi connectivity index (χ4v) is 17.8. The molecule has 20 aromatic rings. The van der Waals surface area contributed by atoms with Gasteiger partial charge in [-0.15, -0.1) is 0 Å². The summed E-state index contributed by atoms with van der Waals surface area (Å²) in [6, 6.07) is 107. The van der Waals surface area contributed by atoms with Gasteiger partial charge in [0.25, 0.3) is 6.71 Å². The van der Waals surface area contributed by atoms with Crippen molar-refractivity contribution in [3.63, 3.8) is 0 Å². The highest BCUT2D eigenvalue weighted by atomic mass is 15.2. The fourth-order valence-electron chi connectivity index (χ4n) is 17.8. The Morgan fingerprint density at radius 3 is 1.04 bits per heavy atom. The molecule has 2 aromatic heterocycles. The fraction of sp³-hybridized carbons (Fsp3) is 0.0357. The molecule has 18 aromatic carbocycles. The number of hydrogen-bond acceptors (Lipinski definition) is 2. The van der Waals surface area contributed by atoms with Crippen molar-refractivity contribution < 1.29 is 20.6 Å². The van der Waals surface area contributed by atoms with E-state index in [-0.39, 0.29) is 38.3 Å². The first kappa shape index (κ1) is 54.8. The topological polar surface area (TPSA) is 16.3 Å². The van der Waals surface area contributed by atoms with Gasteiger partial charge in [-0.2, -0.15) is 0 Å². The zero-order valence-electron chi connectivity index (χ0n) is 79.1. The van der Waals surface area contributed by atoms with E-state index in [1.807, 2.05) is 72.8 Å². The van der Waals surface area contributed by atoms with Crippen LogP contribution in [0.4, 0.5) is 34.1 Å². The van der Waals surface area contributed by atoms with Crippen molar-refractivity contribution in [3.05, 3.63) is 430 Å². The van der Waals surface area contributed by atoms with Crippen LogP contribution in [0, 0.1) is 0 Å². The Labute approximate surface area is 704 Å². The third-order valence-electron chi connectivity index (χ3n) is 23.4. The van der Waals surface area contributed by atoms with Crippen molar-refractivity contribution in [2.24, 2.45) is 0 Å². The minimum Gasteiger partial charge on any atom is -0.310 e. The molecule has 0 radical (unpaired) electrons. The summed E-state index contributed by atoms with van der Waals surface area (Å²) in [5, 5.41) is -1.08. The van der Waals surface area contributed by atoms with E-state index in [4.69, 9.17) is 5.48 Å². The van der Waals surface area contributed by atoms with E-state index >= 15 is 0 Å². The number of para-hydroxylation sites is 5. The average Bonchev–Trinajstić information content (AvgIpc) is 0.747. The maximum atomic E-state index is 10.8. The second kappa shape index (κ2) is 28.1. The van der Waals surface area contributed by atoms with E-state index in [9.17, 15) is 15.1 Å². The van der Waals surface area contributed by atoms with E-state index < -0.39 is 119 Å². The molecule has 0 saturated heterocycles. The lowest BCUT2D eigenvalue weighted by molar-refractivity contribution is 0.590. The maximum absolute atomic E-state index is 10.8. The van der Waals surface area contributed by atoms with E-state index in [2.05, 4.69) is 291 Å². The average molecular weight is 1510 g/mol. The quantitative estimate of drug-likeness (QED) is 0.107. The predicted molar refractivity (Wildman–Crippen MR) is 497 cm³/mol. The van der Waals surface area contributed by atoms with Crippen LogP contribution in [0.2, 0.25) is 0 Å². The van der Waals surface area contributed by atoms with Gasteiger partial charge in [0.05, 0.1) is 54.0 Å². The van der Waals surface area contributed by atoms with Gasteiger partial charge >= 0.3 is 0 Å². The largest absolute Gasteiger partial charge is 0.310 e. The molecular formula is C112H79BN4. The normalized spacial score (nSPS) is 14.1. The van der Waals surface area contributed by atoms with Gasteiger partial charge < -0.3 is 18.9 Å². The second-order valence-electron chi connectivity index (χ2n) is 31.1. The van der Waals surface area contributed by atoms with Gasteiger partial charge in [-0.1, -0.05) is 360 Å². The lowest BCUT2D eigenvalue weighted by Gasteiger charge is -2.46. The molecule has 2 aliphatic rings. The minimum atomic E-state index is -0.736. The number of nitrogens with zero attached hydrogens (tertiary/aromatic N) is 4. The molecule has 4 nitrogen and oxygen atoms in total. The molecule has 0 saturated carbocycles. The van der Waals surface area contributed by atoms with Gasteiger partial charge in [0.15, 0.2) is 0 Å². The smallest absolute Gasteiger partial charge is 0.252 e. The zero-order valence-corrected chi connectivity index (χ0v) is 64.1. The first-order valence-electron chi connectivity index (χ1n) is 47.0. The van der Waals surface area contributed by atoms with Crippen molar-refractivity contribution in [1.82, 2.24) is 9.13 Å². The van der Waals surface area contributed by atoms with Crippen LogP contribution < -0.4 is 26.2 Å². The van der Waals surface area contributed by atoms with Crippen molar-refractivity contribution in [2.45, 2.75) is 26.2 Å². The summed E-state index contributed by atoms with van der Waals surface area (Å²) in [4.78, 5) is 4.89. The summed E-state index contributed by atoms with van der Waals surface area (Å²) in [6.45, 7) is 6.06. The molecule has 0 amide bonds. The Bertz CT molecular complexity index is 7920. The summed E-state index contributed by atoms with van der Waals surface area (Å²) in [5.41, 5.74) is 24.3. The summed E-state index contributed by atoms with van der Waals surface area (Å²) < 4.78 is 148. The first-order valence-corrected chi connectivity index (χ1v) is 39.5. The third-order valence-corrected chi connectivity index (χ3v) is 23.4. The molecule has 550 valence electrons. The van der Waals surface area contributed by atoms with Crippen LogP contribution >= 0.6 is 0 Å². The van der Waals surface area contributed by atoms with E-state index in [0.717, 1.165) is 155 Å². The molecule has 0 N–H and O–H groups in total. The molecule has 4 heterocycles. The third kappa shape index (κ3) is 11.8. The predicted octanol–water partition coefficient (Wildman–Crippen LogP) is 28.3. The number of aromatic nitrogens is 2. The van der Waals surface area contributed by atoms with E-state index in [0.29, 0.717) is 5.69 Å². The maximum Gasteiger partial charge on any atom is 0.252 e. The molecule has 0 aliphatic carbocycles. The lowest BCUT2D eigenvalue weighted by Crippen LogP contribution is -2.61. The number of benzene rings is 18. The van der Waals surface area contributed by atoms with Gasteiger partial charge in [0, 0.05) is 77.9 Å². The minimum absolute atomic E-state index is 0.152. The molecule has 0 unspecified atom stereocenters. The summed E-state index contributed by atoms with van der Waals surface area (Å²) in [5.74, 6) is 0. The molecule has 0 spiro atoms. The Balaban J connectivity index is 0.904. The van der Waals surface area contributed by atoms with Crippen LogP contribution in [-0.4, -0.2) is 15.8 Å². The second-order valence-corrected chi connectivity index (χ2v) is 31.1. The van der Waals surface area contributed by atoms with E-state index in [1.165, 1.54) is 0 Å². The number of anilines is 6. The molecule has 5 heteroatoms. The van der Waals surface area contributed by atoms with Gasteiger partial charge in [-0.25, -0.2) is 0 Å². The van der Waals surface area contributed by atoms with Gasteiger partial charge in [-0.05, 0) is 190 Å². The standard InChI is InChI=1S/C112H79BN4/c1-112(2,3)88-70-107-109-108(71-88)117(111-93(82-56-52-78(53-57-82)74-30-10-4-11-31-74)47-29-48-94(111)83-58-54-79(55-59-83)75-32-12-5-13-33-75)106-73-90(115-103-51-27-24-44-97(103)98-72-89(62-65-104(98)115)114-101-49-25-22-42-95(101)96-43-23-26-50-102(96)114)61-63-99(106)113(109)100-69-84(87-67-85(76-34-14-6-15-35-76)66-86(68-87)77-36-16-7-17-37-77)60-64-105(100)116(107)110-91(80-38-18-8-19-39-80)45-28-46-92(110)81-40-20-9-21-41-81/h4-73H,1-3H3/i22D,23D,24D,25D,26D,27D,42D,43D,44D,49D,50D,51D,62D,65D,72D. The van der Waals surface area contributed by atoms with Gasteiger partial charge in [0.1, 0.15) is 0 Å². The first-order chi connectivity index (χ1) is 63.9. The van der Waals surface area contributed by atoms with Crippen LogP contribution in [0.5, 0.6) is 0 Å². The van der Waals surface area contributed by atoms with Gasteiger partial charge in [-0.3, -0.25) is 0 Å². The van der Waals surface area contributed by atoms with Crippen molar-refractivity contribution in [2.75, 3.05) is 9.80 Å². The van der Waals surface area contributed by atoms with Crippen LogP contribution in [0.3, 0.4) is 0 Å². The van der Waals surface area contributed by atoms with Crippen LogP contribution in [0.25, 0.3) is 155 Å². The summed E-state index contributed by atoms with van der Waals surface area (Å²) in [6.07, 6.45) is 0. The molecule has 2 aliphatic heterocycles. The van der Waals surface area contributed by atoms with Crippen LogP contribution in [-0.2, 0) is 5.41 Å². The number of fused-ring (bicyclic) bond motifs is 10. The highest BCUT2D eigenvalue weighted by Gasteiger charge is 2.46. The SMILES string of the molecule is [2H]c1c([2H])c([2H])c2c(c1[2H])c1c([2H])c(-n3c4c([2H])c([2H])c([2H])c([2H])c4c4c([2H])c([2H])c([2H])c([2H])c43)c([2H])c([2H])c1n2-c1ccc2c(c1)N(c1c(-c3ccc(-c4ccccc4)cc3)cccc1-c1ccc(-c3ccccc3)cc1)c1cc(C(C)(C)C)cc3c1B2c1cc(-c2cc(-c4ccccc4)cc(-c4ccccc4)c2)ccc1N3c1c(-c2ccccc2)cccc1-c1ccccc1. The monoisotopic (exact) mass is 1510 g/mol. The van der Waals surface area contributed by atoms with Crippen LogP contribution in [0.15, 0.2) is 424 Å². The molecule has 22 rings (SSSR count). The number of hydrogen-bond donors (Lipinski definition) is 0. The van der Waals surface area contributed by atoms with Crippen molar-refractivity contribution in [3.8, 4) is 112 Å². The summed E-state index contributed by atoms with van der Waals surface area (Å²) >= 11 is 0. The Hall–Kier alpha value is -14.8. The van der Waals surface area contributed by atoms with Crippen molar-refractivity contribution >= 4 is 101 Å². The molecule has 117 heavy (non-hydrogen) atoms.